The van der Waals surface area contributed by atoms with Gasteiger partial charge in [-0.3, -0.25) is 9.78 Å². The maximum atomic E-state index is 13.3. The van der Waals surface area contributed by atoms with Crippen molar-refractivity contribution in [2.45, 2.75) is 13.8 Å². The van der Waals surface area contributed by atoms with Crippen molar-refractivity contribution in [1.29, 1.82) is 0 Å². The molecule has 5 heteroatoms. The van der Waals surface area contributed by atoms with Crippen LogP contribution in [0.1, 0.15) is 11.3 Å². The highest BCUT2D eigenvalue weighted by atomic mass is 19.1. The molecular weight excluding hydrogens is 221 g/mol. The summed E-state index contributed by atoms with van der Waals surface area (Å²) in [6, 6.07) is 6.13. The second kappa shape index (κ2) is 4.37. The number of aromatic amines is 1. The van der Waals surface area contributed by atoms with Crippen molar-refractivity contribution in [2.24, 2.45) is 0 Å². The number of rotatable bonds is 2. The van der Waals surface area contributed by atoms with E-state index in [4.69, 9.17) is 0 Å². The van der Waals surface area contributed by atoms with Crippen LogP contribution in [-0.4, -0.2) is 9.97 Å². The fourth-order valence-electron chi connectivity index (χ4n) is 1.45. The van der Waals surface area contributed by atoms with Crippen LogP contribution in [0.5, 0.6) is 0 Å². The summed E-state index contributed by atoms with van der Waals surface area (Å²) in [6.45, 7) is 3.40. The van der Waals surface area contributed by atoms with Crippen molar-refractivity contribution in [2.75, 3.05) is 5.32 Å². The predicted octanol–water partition coefficient (Wildman–Crippen LogP) is 2.27. The van der Waals surface area contributed by atoms with Gasteiger partial charge < -0.3 is 5.32 Å². The number of aromatic nitrogens is 2. The van der Waals surface area contributed by atoms with E-state index in [1.165, 1.54) is 12.1 Å². The molecule has 0 spiro atoms. The van der Waals surface area contributed by atoms with E-state index in [2.05, 4.69) is 15.3 Å². The molecular formula is C12H12FN3O. The van der Waals surface area contributed by atoms with Crippen molar-refractivity contribution in [1.82, 2.24) is 9.97 Å². The molecule has 0 bridgehead atoms. The molecule has 1 aromatic carbocycles. The highest BCUT2D eigenvalue weighted by Gasteiger charge is 2.02. The monoisotopic (exact) mass is 233 g/mol. The van der Waals surface area contributed by atoms with Crippen LogP contribution in [0.2, 0.25) is 0 Å². The van der Waals surface area contributed by atoms with E-state index in [0.29, 0.717) is 22.9 Å². The summed E-state index contributed by atoms with van der Waals surface area (Å²) in [7, 11) is 0. The standard InChI is InChI=1S/C12H12FN3O/c1-7-3-4-9(6-10(7)13)15-12-14-8(2)5-11(17)16-12/h3-6H,1-2H3,(H2,14,15,16,17). The molecule has 2 N–H and O–H groups in total. The van der Waals surface area contributed by atoms with Gasteiger partial charge in [0.25, 0.3) is 5.56 Å². The lowest BCUT2D eigenvalue weighted by molar-refractivity contribution is 0.619. The van der Waals surface area contributed by atoms with Gasteiger partial charge in [0, 0.05) is 17.4 Å². The molecule has 0 unspecified atom stereocenters. The lowest BCUT2D eigenvalue weighted by Crippen LogP contribution is -2.10. The Kier molecular flexibility index (Phi) is 2.91. The minimum absolute atomic E-state index is 0.243. The van der Waals surface area contributed by atoms with Gasteiger partial charge in [0.05, 0.1) is 0 Å². The van der Waals surface area contributed by atoms with Crippen LogP contribution in [0.15, 0.2) is 29.1 Å². The van der Waals surface area contributed by atoms with Crippen LogP contribution in [0.25, 0.3) is 0 Å². The summed E-state index contributed by atoms with van der Waals surface area (Å²) in [5.74, 6) is 0.00301. The number of nitrogens with zero attached hydrogens (tertiary/aromatic N) is 1. The number of benzene rings is 1. The maximum Gasteiger partial charge on any atom is 0.252 e. The number of anilines is 2. The summed E-state index contributed by atoms with van der Waals surface area (Å²) in [6.07, 6.45) is 0. The third-order valence-corrected chi connectivity index (χ3v) is 2.30. The van der Waals surface area contributed by atoms with Crippen molar-refractivity contribution in [3.63, 3.8) is 0 Å². The van der Waals surface area contributed by atoms with E-state index in [-0.39, 0.29) is 11.4 Å². The Balaban J connectivity index is 2.31. The van der Waals surface area contributed by atoms with Gasteiger partial charge in [-0.1, -0.05) is 6.07 Å². The first kappa shape index (κ1) is 11.3. The van der Waals surface area contributed by atoms with E-state index in [9.17, 15) is 9.18 Å². The first-order valence-electron chi connectivity index (χ1n) is 5.16. The highest BCUT2D eigenvalue weighted by molar-refractivity contribution is 5.53. The van der Waals surface area contributed by atoms with Crippen molar-refractivity contribution in [3.05, 3.63) is 51.7 Å². The Labute approximate surface area is 97.5 Å². The molecule has 0 aliphatic heterocycles. The Hall–Kier alpha value is -2.17. The second-order valence-electron chi connectivity index (χ2n) is 3.82. The minimum Gasteiger partial charge on any atom is -0.326 e. The van der Waals surface area contributed by atoms with Gasteiger partial charge in [0.2, 0.25) is 5.95 Å². The molecule has 1 heterocycles. The zero-order valence-electron chi connectivity index (χ0n) is 9.54. The average Bonchev–Trinajstić information content (AvgIpc) is 2.22. The number of aryl methyl sites for hydroxylation is 2. The molecule has 2 aromatic rings. The Bertz CT molecular complexity index is 607. The van der Waals surface area contributed by atoms with Gasteiger partial charge in [-0.05, 0) is 31.5 Å². The Morgan fingerprint density at radius 1 is 1.29 bits per heavy atom. The zero-order chi connectivity index (χ0) is 12.4. The fraction of sp³-hybridized carbons (Fsp3) is 0.167. The van der Waals surface area contributed by atoms with Gasteiger partial charge in [0.1, 0.15) is 5.82 Å². The maximum absolute atomic E-state index is 13.3. The lowest BCUT2D eigenvalue weighted by atomic mass is 10.2. The highest BCUT2D eigenvalue weighted by Crippen LogP contribution is 2.16. The molecule has 0 saturated heterocycles. The van der Waals surface area contributed by atoms with Crippen LogP contribution in [0.3, 0.4) is 0 Å². The first-order valence-corrected chi connectivity index (χ1v) is 5.16. The topological polar surface area (TPSA) is 57.8 Å². The molecule has 0 aliphatic carbocycles. The third kappa shape index (κ3) is 2.69. The first-order chi connectivity index (χ1) is 8.04. The molecule has 17 heavy (non-hydrogen) atoms. The van der Waals surface area contributed by atoms with Crippen molar-refractivity contribution in [3.8, 4) is 0 Å². The van der Waals surface area contributed by atoms with Gasteiger partial charge in [0.15, 0.2) is 0 Å². The number of hydrogen-bond acceptors (Lipinski definition) is 3. The summed E-state index contributed by atoms with van der Waals surface area (Å²) in [4.78, 5) is 17.8. The number of halogens is 1. The Morgan fingerprint density at radius 3 is 2.71 bits per heavy atom. The van der Waals surface area contributed by atoms with E-state index >= 15 is 0 Å². The molecule has 0 saturated carbocycles. The van der Waals surface area contributed by atoms with Crippen LogP contribution in [-0.2, 0) is 0 Å². The second-order valence-corrected chi connectivity index (χ2v) is 3.82. The average molecular weight is 233 g/mol. The summed E-state index contributed by atoms with van der Waals surface area (Å²) >= 11 is 0. The molecule has 88 valence electrons. The number of nitrogens with one attached hydrogen (secondary N) is 2. The molecule has 0 radical (unpaired) electrons. The van der Waals surface area contributed by atoms with E-state index in [0.717, 1.165) is 0 Å². The largest absolute Gasteiger partial charge is 0.326 e. The molecule has 0 atom stereocenters. The molecule has 0 aliphatic rings. The predicted molar refractivity (Wildman–Crippen MR) is 64.0 cm³/mol. The van der Waals surface area contributed by atoms with Crippen molar-refractivity contribution < 1.29 is 4.39 Å². The van der Waals surface area contributed by atoms with Gasteiger partial charge >= 0.3 is 0 Å². The van der Waals surface area contributed by atoms with Crippen LogP contribution >= 0.6 is 0 Å². The van der Waals surface area contributed by atoms with Gasteiger partial charge in [-0.25, -0.2) is 9.37 Å². The lowest BCUT2D eigenvalue weighted by Gasteiger charge is -2.06. The van der Waals surface area contributed by atoms with E-state index < -0.39 is 0 Å². The quantitative estimate of drug-likeness (QED) is 0.836. The fourth-order valence-corrected chi connectivity index (χ4v) is 1.45. The molecule has 1 aromatic heterocycles. The minimum atomic E-state index is -0.301. The van der Waals surface area contributed by atoms with E-state index in [1.54, 1.807) is 26.0 Å². The molecule has 0 fully saturated rings. The van der Waals surface area contributed by atoms with Gasteiger partial charge in [-0.2, -0.15) is 0 Å². The number of H-pyrrole nitrogens is 1. The number of hydrogen-bond donors (Lipinski definition) is 2. The van der Waals surface area contributed by atoms with Crippen LogP contribution in [0, 0.1) is 19.7 Å². The van der Waals surface area contributed by atoms with Crippen molar-refractivity contribution >= 4 is 11.6 Å². The summed E-state index contributed by atoms with van der Waals surface area (Å²) < 4.78 is 13.3. The molecule has 4 nitrogen and oxygen atoms in total. The Morgan fingerprint density at radius 2 is 2.06 bits per heavy atom. The SMILES string of the molecule is Cc1cc(=O)[nH]c(Nc2ccc(C)c(F)c2)n1. The normalized spacial score (nSPS) is 10.3. The van der Waals surface area contributed by atoms with Crippen LogP contribution < -0.4 is 10.9 Å². The third-order valence-electron chi connectivity index (χ3n) is 2.30. The van der Waals surface area contributed by atoms with E-state index in [1.807, 2.05) is 0 Å². The summed E-state index contributed by atoms with van der Waals surface area (Å²) in [5, 5.41) is 2.85. The van der Waals surface area contributed by atoms with Crippen LogP contribution in [0.4, 0.5) is 16.0 Å². The van der Waals surface area contributed by atoms with Gasteiger partial charge in [-0.15, -0.1) is 0 Å². The summed E-state index contributed by atoms with van der Waals surface area (Å²) in [5.41, 5.74) is 1.47. The zero-order valence-corrected chi connectivity index (χ0v) is 9.54. The smallest absolute Gasteiger partial charge is 0.252 e. The molecule has 2 rings (SSSR count). The molecule has 0 amide bonds.